The van der Waals surface area contributed by atoms with Crippen molar-refractivity contribution in [3.8, 4) is 34.1 Å². The van der Waals surface area contributed by atoms with Crippen LogP contribution in [0.5, 0.6) is 5.75 Å². The zero-order valence-corrected chi connectivity index (χ0v) is 22.2. The van der Waals surface area contributed by atoms with E-state index in [1.165, 1.54) is 15.9 Å². The Labute approximate surface area is 227 Å². The smallest absolute Gasteiger partial charge is 0.291 e. The van der Waals surface area contributed by atoms with Crippen molar-refractivity contribution in [1.29, 1.82) is 0 Å². The highest BCUT2D eigenvalue weighted by Gasteiger charge is 2.16. The van der Waals surface area contributed by atoms with Crippen LogP contribution >= 0.6 is 22.9 Å². The van der Waals surface area contributed by atoms with Gasteiger partial charge in [-0.05, 0) is 80.1 Å². The van der Waals surface area contributed by atoms with Gasteiger partial charge in [0, 0.05) is 27.9 Å². The summed E-state index contributed by atoms with van der Waals surface area (Å²) in [5.41, 5.74) is 5.03. The van der Waals surface area contributed by atoms with Crippen LogP contribution < -0.4 is 14.8 Å². The Morgan fingerprint density at radius 1 is 1.00 bits per heavy atom. The summed E-state index contributed by atoms with van der Waals surface area (Å²) in [6.07, 6.45) is 3.80. The number of aryl methyl sites for hydroxylation is 1. The lowest BCUT2D eigenvalue weighted by molar-refractivity contribution is 0.338. The Morgan fingerprint density at radius 3 is 2.47 bits per heavy atom. The van der Waals surface area contributed by atoms with Crippen molar-refractivity contribution >= 4 is 34.0 Å². The first-order valence-corrected chi connectivity index (χ1v) is 13.3. The third-order valence-electron chi connectivity index (χ3n) is 6.08. The molecular formula is C29H22ClN5O2S. The number of para-hydroxylation sites is 1. The van der Waals surface area contributed by atoms with E-state index in [-0.39, 0.29) is 5.56 Å². The second kappa shape index (κ2) is 9.89. The number of rotatable bonds is 6. The van der Waals surface area contributed by atoms with Crippen LogP contribution in [0.15, 0.2) is 83.8 Å². The predicted molar refractivity (Wildman–Crippen MR) is 151 cm³/mol. The van der Waals surface area contributed by atoms with Gasteiger partial charge in [0.1, 0.15) is 11.4 Å². The van der Waals surface area contributed by atoms with Crippen molar-refractivity contribution in [2.45, 2.75) is 13.8 Å². The maximum atomic E-state index is 13.3. The van der Waals surface area contributed by atoms with Crippen LogP contribution in [0.4, 0.5) is 0 Å². The Balaban J connectivity index is 1.47. The molecule has 0 aliphatic rings. The van der Waals surface area contributed by atoms with Crippen LogP contribution in [-0.2, 0) is 0 Å². The van der Waals surface area contributed by atoms with Crippen LogP contribution in [0.1, 0.15) is 18.1 Å². The molecule has 0 bridgehead atoms. The molecule has 0 saturated heterocycles. The number of nitrogens with zero attached hydrogens (tertiary/aromatic N) is 5. The molecule has 0 unspecified atom stereocenters. The van der Waals surface area contributed by atoms with Gasteiger partial charge in [-0.25, -0.2) is 4.68 Å². The van der Waals surface area contributed by atoms with Crippen LogP contribution in [0.25, 0.3) is 39.4 Å². The third kappa shape index (κ3) is 4.49. The van der Waals surface area contributed by atoms with Gasteiger partial charge in [-0.15, -0.1) is 5.10 Å². The molecule has 0 fully saturated rings. The molecule has 6 rings (SSSR count). The summed E-state index contributed by atoms with van der Waals surface area (Å²) < 4.78 is 9.42. The van der Waals surface area contributed by atoms with E-state index in [2.05, 4.69) is 16.1 Å². The Hall–Kier alpha value is -4.27. The lowest BCUT2D eigenvalue weighted by Crippen LogP contribution is -2.23. The quantitative estimate of drug-likeness (QED) is 0.276. The molecule has 3 aromatic heterocycles. The van der Waals surface area contributed by atoms with Crippen molar-refractivity contribution in [2.75, 3.05) is 6.61 Å². The number of benzene rings is 3. The van der Waals surface area contributed by atoms with E-state index in [9.17, 15) is 4.79 Å². The monoisotopic (exact) mass is 539 g/mol. The summed E-state index contributed by atoms with van der Waals surface area (Å²) in [6.45, 7) is 4.58. The molecule has 7 nitrogen and oxygen atoms in total. The molecule has 0 radical (unpaired) electrons. The summed E-state index contributed by atoms with van der Waals surface area (Å²) in [5, 5.41) is 9.98. The summed E-state index contributed by atoms with van der Waals surface area (Å²) in [5.74, 6) is 1.33. The van der Waals surface area contributed by atoms with Gasteiger partial charge in [0.15, 0.2) is 5.82 Å². The number of aromatic nitrogens is 5. The van der Waals surface area contributed by atoms with Crippen molar-refractivity contribution in [2.24, 2.45) is 0 Å². The first kappa shape index (κ1) is 24.1. The van der Waals surface area contributed by atoms with E-state index >= 15 is 0 Å². The lowest BCUT2D eigenvalue weighted by atomic mass is 10.0. The highest BCUT2D eigenvalue weighted by Crippen LogP contribution is 2.29. The van der Waals surface area contributed by atoms with Crippen LogP contribution in [0.2, 0.25) is 5.02 Å². The first-order valence-electron chi connectivity index (χ1n) is 12.1. The molecule has 0 N–H and O–H groups in total. The molecular weight excluding hydrogens is 518 g/mol. The van der Waals surface area contributed by atoms with Gasteiger partial charge in [-0.1, -0.05) is 41.1 Å². The van der Waals surface area contributed by atoms with Crippen LogP contribution in [0, 0.1) is 6.92 Å². The minimum Gasteiger partial charge on any atom is -0.494 e. The Kier molecular flexibility index (Phi) is 6.27. The molecule has 9 heteroatoms. The predicted octanol–water partition coefficient (Wildman–Crippen LogP) is 5.58. The topological polar surface area (TPSA) is 74.3 Å². The van der Waals surface area contributed by atoms with Crippen molar-refractivity contribution in [1.82, 2.24) is 24.4 Å². The molecule has 3 heterocycles. The summed E-state index contributed by atoms with van der Waals surface area (Å²) in [7, 11) is 0. The van der Waals surface area contributed by atoms with Gasteiger partial charge < -0.3 is 4.74 Å². The average Bonchev–Trinajstić information content (AvgIpc) is 3.62. The summed E-state index contributed by atoms with van der Waals surface area (Å²) in [6, 6.07) is 23.1. The maximum Gasteiger partial charge on any atom is 0.291 e. The minimum absolute atomic E-state index is 0.223. The molecule has 0 aliphatic carbocycles. The largest absolute Gasteiger partial charge is 0.494 e. The molecule has 6 aromatic rings. The first-order chi connectivity index (χ1) is 18.5. The van der Waals surface area contributed by atoms with Gasteiger partial charge in [0.2, 0.25) is 4.96 Å². The molecule has 3 aromatic carbocycles. The van der Waals surface area contributed by atoms with Crippen LogP contribution in [-0.4, -0.2) is 31.0 Å². The van der Waals surface area contributed by atoms with Gasteiger partial charge in [-0.2, -0.15) is 14.6 Å². The van der Waals surface area contributed by atoms with E-state index in [0.717, 1.165) is 39.4 Å². The zero-order valence-electron chi connectivity index (χ0n) is 20.6. The molecule has 0 amide bonds. The number of hydrogen-bond acceptors (Lipinski definition) is 6. The number of hydrogen-bond donors (Lipinski definition) is 0. The highest BCUT2D eigenvalue weighted by atomic mass is 35.5. The summed E-state index contributed by atoms with van der Waals surface area (Å²) in [4.78, 5) is 18.4. The zero-order chi connectivity index (χ0) is 26.2. The van der Waals surface area contributed by atoms with E-state index in [4.69, 9.17) is 21.4 Å². The second-order valence-electron chi connectivity index (χ2n) is 8.68. The highest BCUT2D eigenvalue weighted by molar-refractivity contribution is 7.15. The van der Waals surface area contributed by atoms with Crippen molar-refractivity contribution < 1.29 is 4.74 Å². The number of fused-ring (bicyclic) bond motifs is 1. The maximum absolute atomic E-state index is 13.3. The summed E-state index contributed by atoms with van der Waals surface area (Å²) >= 11 is 7.29. The lowest BCUT2D eigenvalue weighted by Gasteiger charge is -2.08. The Bertz CT molecular complexity index is 1870. The molecule has 0 atom stereocenters. The number of ether oxygens (including phenoxy) is 1. The third-order valence-corrected chi connectivity index (χ3v) is 7.29. The van der Waals surface area contributed by atoms with E-state index in [0.29, 0.717) is 26.9 Å². The number of halogens is 1. The average molecular weight is 540 g/mol. The van der Waals surface area contributed by atoms with Crippen molar-refractivity contribution in [3.63, 3.8) is 0 Å². The Morgan fingerprint density at radius 2 is 1.76 bits per heavy atom. The van der Waals surface area contributed by atoms with E-state index < -0.39 is 0 Å². The SMILES string of the molecule is CCOc1ccc(-c2nn(-c3ccccc3)cc2C=c2sc3nc(-c4ccc(Cl)cc4)nn3c2=O)cc1C. The standard InChI is InChI=1S/C29H22ClN5O2S/c1-3-37-24-14-11-20(15-18(24)2)26-21(17-34(32-26)23-7-5-4-6-8-23)16-25-28(36)35-29(38-25)31-27(33-35)19-9-12-22(30)13-10-19/h4-17H,3H2,1-2H3. The fourth-order valence-electron chi connectivity index (χ4n) is 4.24. The normalized spacial score (nSPS) is 11.9. The molecule has 38 heavy (non-hydrogen) atoms. The van der Waals surface area contributed by atoms with Gasteiger partial charge in [0.05, 0.1) is 16.8 Å². The molecule has 0 spiro atoms. The molecule has 188 valence electrons. The fourth-order valence-corrected chi connectivity index (χ4v) is 5.27. The van der Waals surface area contributed by atoms with E-state index in [1.807, 2.05) is 85.4 Å². The van der Waals surface area contributed by atoms with E-state index in [1.54, 1.807) is 12.1 Å². The van der Waals surface area contributed by atoms with Gasteiger partial charge in [0.25, 0.3) is 5.56 Å². The fraction of sp³-hybridized carbons (Fsp3) is 0.103. The minimum atomic E-state index is -0.223. The van der Waals surface area contributed by atoms with Gasteiger partial charge >= 0.3 is 0 Å². The molecule has 0 aliphatic heterocycles. The van der Waals surface area contributed by atoms with Gasteiger partial charge in [-0.3, -0.25) is 4.79 Å². The van der Waals surface area contributed by atoms with Crippen molar-refractivity contribution in [3.05, 3.63) is 110 Å². The van der Waals surface area contributed by atoms with Crippen LogP contribution in [0.3, 0.4) is 0 Å². The second-order valence-corrected chi connectivity index (χ2v) is 10.1. The molecule has 0 saturated carbocycles. The number of thiazole rings is 1.